The fourth-order valence-corrected chi connectivity index (χ4v) is 3.11. The maximum absolute atomic E-state index is 5.57. The van der Waals surface area contributed by atoms with Crippen molar-refractivity contribution < 1.29 is 4.74 Å². The number of methoxy groups -OCH3 is 1. The first-order valence-electron chi connectivity index (χ1n) is 6.55. The predicted octanol–water partition coefficient (Wildman–Crippen LogP) is 4.18. The van der Waals surface area contributed by atoms with Gasteiger partial charge in [0.2, 0.25) is 0 Å². The Morgan fingerprint density at radius 2 is 2.06 bits per heavy atom. The number of nitrogens with one attached hydrogen (secondary N) is 1. The molecule has 1 saturated heterocycles. The van der Waals surface area contributed by atoms with Crippen molar-refractivity contribution >= 4 is 15.9 Å². The molecule has 0 spiro atoms. The zero-order chi connectivity index (χ0) is 13.3. The quantitative estimate of drug-likeness (QED) is 0.884. The van der Waals surface area contributed by atoms with Crippen LogP contribution in [0.25, 0.3) is 0 Å². The topological polar surface area (TPSA) is 21.3 Å². The maximum Gasteiger partial charge on any atom is 0.137 e. The third-order valence-electron chi connectivity index (χ3n) is 3.58. The molecule has 1 aromatic rings. The molecule has 1 fully saturated rings. The van der Waals surface area contributed by atoms with Gasteiger partial charge in [-0.3, -0.25) is 0 Å². The molecule has 0 saturated carbocycles. The minimum atomic E-state index is 0.155. The van der Waals surface area contributed by atoms with E-state index in [0.717, 1.165) is 16.8 Å². The molecule has 2 rings (SSSR count). The van der Waals surface area contributed by atoms with Crippen molar-refractivity contribution in [3.8, 4) is 5.75 Å². The second-order valence-corrected chi connectivity index (χ2v) is 6.83. The van der Waals surface area contributed by atoms with Gasteiger partial charge in [0.15, 0.2) is 0 Å². The van der Waals surface area contributed by atoms with Gasteiger partial charge in [-0.2, -0.15) is 0 Å². The van der Waals surface area contributed by atoms with E-state index >= 15 is 0 Å². The second-order valence-electron chi connectivity index (χ2n) is 5.98. The Kier molecular flexibility index (Phi) is 4.02. The second kappa shape index (κ2) is 5.22. The molecule has 1 aliphatic heterocycles. The summed E-state index contributed by atoms with van der Waals surface area (Å²) in [4.78, 5) is 0. The number of hydrogen-bond acceptors (Lipinski definition) is 2. The maximum atomic E-state index is 5.57. The number of ether oxygens (including phenoxy) is 1. The Bertz CT molecular complexity index is 431. The van der Waals surface area contributed by atoms with Crippen LogP contribution >= 0.6 is 15.9 Å². The van der Waals surface area contributed by atoms with Gasteiger partial charge in [0.25, 0.3) is 0 Å². The van der Waals surface area contributed by atoms with Crippen LogP contribution in [-0.4, -0.2) is 13.7 Å². The third kappa shape index (κ3) is 2.72. The molecule has 1 aliphatic rings. The van der Waals surface area contributed by atoms with Crippen molar-refractivity contribution in [2.24, 2.45) is 0 Å². The molecule has 1 heterocycles. The lowest BCUT2D eigenvalue weighted by atomic mass is 9.85. The highest BCUT2D eigenvalue weighted by atomic mass is 79.9. The summed E-state index contributed by atoms with van der Waals surface area (Å²) in [5, 5.41) is 3.55. The van der Waals surface area contributed by atoms with Crippen LogP contribution < -0.4 is 10.1 Å². The van der Waals surface area contributed by atoms with Gasteiger partial charge >= 0.3 is 0 Å². The van der Waals surface area contributed by atoms with Crippen LogP contribution in [0.15, 0.2) is 16.6 Å². The fourth-order valence-electron chi connectivity index (χ4n) is 2.47. The Labute approximate surface area is 118 Å². The number of hydrogen-bond donors (Lipinski definition) is 1. The van der Waals surface area contributed by atoms with Crippen molar-refractivity contribution in [1.82, 2.24) is 5.32 Å². The molecule has 0 radical (unpaired) electrons. The highest BCUT2D eigenvalue weighted by molar-refractivity contribution is 9.10. The summed E-state index contributed by atoms with van der Waals surface area (Å²) < 4.78 is 6.63. The summed E-state index contributed by atoms with van der Waals surface area (Å²) in [5.74, 6) is 0.974. The van der Waals surface area contributed by atoms with E-state index in [9.17, 15) is 0 Å². The first kappa shape index (κ1) is 13.9. The lowest BCUT2D eigenvalue weighted by Gasteiger charge is -2.24. The molecule has 0 bridgehead atoms. The van der Waals surface area contributed by atoms with E-state index in [1.54, 1.807) is 7.11 Å². The Balaban J connectivity index is 2.50. The molecule has 3 heteroatoms. The molecule has 0 aromatic heterocycles. The summed E-state index contributed by atoms with van der Waals surface area (Å²) in [6, 6.07) is 4.91. The first-order chi connectivity index (χ1) is 8.43. The largest absolute Gasteiger partial charge is 0.495 e. The van der Waals surface area contributed by atoms with Crippen molar-refractivity contribution in [3.05, 3.63) is 27.7 Å². The summed E-state index contributed by atoms with van der Waals surface area (Å²) >= 11 is 3.64. The smallest absolute Gasteiger partial charge is 0.137 e. The van der Waals surface area contributed by atoms with Gasteiger partial charge in [-0.15, -0.1) is 0 Å². The standard InChI is InChI=1S/C15H22BrNO/c1-15(2,3)10-8-11(13-6-5-7-17-13)14(18-4)12(16)9-10/h8-9,13,17H,5-7H2,1-4H3. The Morgan fingerprint density at radius 1 is 1.33 bits per heavy atom. The Hall–Kier alpha value is -0.540. The predicted molar refractivity (Wildman–Crippen MR) is 79.4 cm³/mol. The van der Waals surface area contributed by atoms with Gasteiger partial charge < -0.3 is 10.1 Å². The molecule has 0 aliphatic carbocycles. The van der Waals surface area contributed by atoms with E-state index < -0.39 is 0 Å². The minimum absolute atomic E-state index is 0.155. The van der Waals surface area contributed by atoms with Crippen LogP contribution in [0.2, 0.25) is 0 Å². The molecule has 1 atom stereocenters. The third-order valence-corrected chi connectivity index (χ3v) is 4.17. The van der Waals surface area contributed by atoms with Gasteiger partial charge in [-0.25, -0.2) is 0 Å². The van der Waals surface area contributed by atoms with Crippen LogP contribution in [0.3, 0.4) is 0 Å². The molecular formula is C15H22BrNO. The average Bonchev–Trinajstić information content (AvgIpc) is 2.79. The highest BCUT2D eigenvalue weighted by Crippen LogP contribution is 2.39. The molecule has 0 amide bonds. The lowest BCUT2D eigenvalue weighted by molar-refractivity contribution is 0.399. The summed E-state index contributed by atoms with van der Waals surface area (Å²) in [7, 11) is 1.75. The normalized spacial score (nSPS) is 20.2. The van der Waals surface area contributed by atoms with Crippen LogP contribution in [0, 0.1) is 0 Å². The Morgan fingerprint density at radius 3 is 2.56 bits per heavy atom. The molecule has 18 heavy (non-hydrogen) atoms. The van der Waals surface area contributed by atoms with E-state index in [4.69, 9.17) is 4.74 Å². The monoisotopic (exact) mass is 311 g/mol. The van der Waals surface area contributed by atoms with E-state index in [2.05, 4.69) is 54.2 Å². The zero-order valence-electron chi connectivity index (χ0n) is 11.6. The van der Waals surface area contributed by atoms with Crippen LogP contribution in [0.1, 0.15) is 50.8 Å². The summed E-state index contributed by atoms with van der Waals surface area (Å²) in [5.41, 5.74) is 2.79. The molecular weight excluding hydrogens is 290 g/mol. The van der Waals surface area contributed by atoms with Gasteiger partial charge in [0.1, 0.15) is 5.75 Å². The first-order valence-corrected chi connectivity index (χ1v) is 7.34. The number of benzene rings is 1. The van der Waals surface area contributed by atoms with Gasteiger partial charge in [-0.1, -0.05) is 20.8 Å². The highest BCUT2D eigenvalue weighted by Gasteiger charge is 2.24. The van der Waals surface area contributed by atoms with Crippen molar-refractivity contribution in [1.29, 1.82) is 0 Å². The fraction of sp³-hybridized carbons (Fsp3) is 0.600. The van der Waals surface area contributed by atoms with Crippen LogP contribution in [0.4, 0.5) is 0 Å². The van der Waals surface area contributed by atoms with Crippen LogP contribution in [0.5, 0.6) is 5.75 Å². The lowest BCUT2D eigenvalue weighted by Crippen LogP contribution is -2.17. The summed E-state index contributed by atoms with van der Waals surface area (Å²) in [6.07, 6.45) is 2.43. The van der Waals surface area contributed by atoms with E-state index in [0.29, 0.717) is 6.04 Å². The number of halogens is 1. The number of rotatable bonds is 2. The molecule has 1 N–H and O–H groups in total. The van der Waals surface area contributed by atoms with Gasteiger partial charge in [-0.05, 0) is 58.4 Å². The summed E-state index contributed by atoms with van der Waals surface area (Å²) in [6.45, 7) is 7.83. The molecule has 1 unspecified atom stereocenters. The van der Waals surface area contributed by atoms with Crippen molar-refractivity contribution in [3.63, 3.8) is 0 Å². The van der Waals surface area contributed by atoms with E-state index in [1.165, 1.54) is 24.0 Å². The van der Waals surface area contributed by atoms with Crippen molar-refractivity contribution in [2.75, 3.05) is 13.7 Å². The van der Waals surface area contributed by atoms with Gasteiger partial charge in [0.05, 0.1) is 11.6 Å². The zero-order valence-corrected chi connectivity index (χ0v) is 13.2. The molecule has 100 valence electrons. The van der Waals surface area contributed by atoms with Gasteiger partial charge in [0, 0.05) is 11.6 Å². The van der Waals surface area contributed by atoms with Crippen LogP contribution in [-0.2, 0) is 5.41 Å². The van der Waals surface area contributed by atoms with E-state index in [-0.39, 0.29) is 5.41 Å². The average molecular weight is 312 g/mol. The molecule has 2 nitrogen and oxygen atoms in total. The van der Waals surface area contributed by atoms with Crippen molar-refractivity contribution in [2.45, 2.75) is 45.1 Å². The van der Waals surface area contributed by atoms with E-state index in [1.807, 2.05) is 0 Å². The molecule has 1 aromatic carbocycles. The minimum Gasteiger partial charge on any atom is -0.495 e. The SMILES string of the molecule is COc1c(Br)cc(C(C)(C)C)cc1C1CCCN1.